The predicted octanol–water partition coefficient (Wildman–Crippen LogP) is 2.46. The lowest BCUT2D eigenvalue weighted by molar-refractivity contribution is -0.384. The number of carbonyl (C=O) groups excluding carboxylic acids is 1. The number of nitrogens with one attached hydrogen (secondary N) is 1. The Morgan fingerprint density at radius 1 is 1.12 bits per heavy atom. The minimum Gasteiger partial charge on any atom is -0.362 e. The first-order chi connectivity index (χ1) is 16.3. The molecule has 3 aromatic rings. The fourth-order valence-electron chi connectivity index (χ4n) is 4.22. The van der Waals surface area contributed by atoms with E-state index in [1.165, 1.54) is 16.4 Å². The number of para-hydroxylation sites is 1. The molecule has 2 heterocycles. The van der Waals surface area contributed by atoms with Gasteiger partial charge in [0.05, 0.1) is 15.3 Å². The van der Waals surface area contributed by atoms with Crippen LogP contribution < -0.4 is 4.90 Å². The number of rotatable bonds is 7. The molecule has 0 bridgehead atoms. The number of sulfonamides is 1. The van der Waals surface area contributed by atoms with Gasteiger partial charge in [0.1, 0.15) is 5.69 Å². The van der Waals surface area contributed by atoms with Crippen LogP contribution in [-0.4, -0.2) is 77.9 Å². The first-order valence-electron chi connectivity index (χ1n) is 11.0. The van der Waals surface area contributed by atoms with E-state index in [9.17, 15) is 23.3 Å². The number of carbonyl (C=O) groups is 1. The summed E-state index contributed by atoms with van der Waals surface area (Å²) in [6.45, 7) is 5.44. The number of aromatic nitrogens is 2. The van der Waals surface area contributed by atoms with Crippen LogP contribution in [0.25, 0.3) is 10.9 Å². The molecule has 0 radical (unpaired) electrons. The first-order valence-corrected chi connectivity index (χ1v) is 12.5. The van der Waals surface area contributed by atoms with Crippen molar-refractivity contribution in [3.05, 3.63) is 58.3 Å². The van der Waals surface area contributed by atoms with Crippen molar-refractivity contribution in [1.82, 2.24) is 19.4 Å². The Balaban J connectivity index is 1.54. The fourth-order valence-corrected chi connectivity index (χ4v) is 5.70. The second-order valence-electron chi connectivity index (χ2n) is 7.89. The summed E-state index contributed by atoms with van der Waals surface area (Å²) in [5.41, 5.74) is 1.19. The van der Waals surface area contributed by atoms with Gasteiger partial charge in [0.25, 0.3) is 11.6 Å². The minimum atomic E-state index is -3.82. The third-order valence-electron chi connectivity index (χ3n) is 6.07. The number of nitro groups is 1. The number of H-pyrrole nitrogens is 1. The third-order valence-corrected chi connectivity index (χ3v) is 8.11. The van der Waals surface area contributed by atoms with Gasteiger partial charge in [-0.05, 0) is 18.2 Å². The van der Waals surface area contributed by atoms with Gasteiger partial charge in [-0.2, -0.15) is 9.40 Å². The number of nitro benzene ring substituents is 1. The molecule has 0 spiro atoms. The number of benzene rings is 2. The summed E-state index contributed by atoms with van der Waals surface area (Å²) in [7, 11) is -3.82. The van der Waals surface area contributed by atoms with E-state index in [1.807, 2.05) is 24.3 Å². The van der Waals surface area contributed by atoms with Crippen LogP contribution in [0.4, 0.5) is 11.4 Å². The maximum Gasteiger partial charge on any atom is 0.293 e. The smallest absolute Gasteiger partial charge is 0.293 e. The van der Waals surface area contributed by atoms with Crippen molar-refractivity contribution in [1.29, 1.82) is 0 Å². The molecular formula is C22H26N6O5S. The molecule has 2 aromatic carbocycles. The number of aromatic amines is 1. The zero-order valence-electron chi connectivity index (χ0n) is 19.0. The highest BCUT2D eigenvalue weighted by Crippen LogP contribution is 2.32. The lowest BCUT2D eigenvalue weighted by Gasteiger charge is -2.35. The van der Waals surface area contributed by atoms with Crippen molar-refractivity contribution in [3.63, 3.8) is 0 Å². The number of piperazine rings is 1. The van der Waals surface area contributed by atoms with Gasteiger partial charge in [-0.15, -0.1) is 0 Å². The molecular weight excluding hydrogens is 460 g/mol. The molecule has 4 rings (SSSR count). The molecule has 12 heteroatoms. The molecule has 0 aliphatic carbocycles. The normalized spacial score (nSPS) is 14.7. The molecule has 1 amide bonds. The number of amides is 1. The first kappa shape index (κ1) is 23.6. The summed E-state index contributed by atoms with van der Waals surface area (Å²) in [6.07, 6.45) is 0. The number of hydrogen-bond donors (Lipinski definition) is 1. The van der Waals surface area contributed by atoms with E-state index >= 15 is 0 Å². The Morgan fingerprint density at radius 3 is 2.44 bits per heavy atom. The van der Waals surface area contributed by atoms with Crippen molar-refractivity contribution in [2.45, 2.75) is 18.7 Å². The highest BCUT2D eigenvalue weighted by atomic mass is 32.2. The van der Waals surface area contributed by atoms with E-state index in [1.54, 1.807) is 23.6 Å². The lowest BCUT2D eigenvalue weighted by Crippen LogP contribution is -2.49. The summed E-state index contributed by atoms with van der Waals surface area (Å²) < 4.78 is 26.9. The molecule has 1 aromatic heterocycles. The van der Waals surface area contributed by atoms with Crippen LogP contribution in [0, 0.1) is 10.1 Å². The van der Waals surface area contributed by atoms with E-state index in [0.29, 0.717) is 37.6 Å². The number of anilines is 1. The van der Waals surface area contributed by atoms with Crippen LogP contribution in [0.5, 0.6) is 0 Å². The number of fused-ring (bicyclic) bond motifs is 1. The fraction of sp³-hybridized carbons (Fsp3) is 0.364. The minimum absolute atomic E-state index is 0.106. The van der Waals surface area contributed by atoms with Crippen LogP contribution in [0.3, 0.4) is 0 Å². The van der Waals surface area contributed by atoms with Gasteiger partial charge in [0.2, 0.25) is 10.0 Å². The third kappa shape index (κ3) is 4.21. The predicted molar refractivity (Wildman–Crippen MR) is 127 cm³/mol. The van der Waals surface area contributed by atoms with E-state index in [2.05, 4.69) is 10.2 Å². The van der Waals surface area contributed by atoms with Crippen molar-refractivity contribution < 1.29 is 18.1 Å². The maximum absolute atomic E-state index is 13.0. The van der Waals surface area contributed by atoms with Gasteiger partial charge in [-0.25, -0.2) is 8.42 Å². The zero-order chi connectivity index (χ0) is 24.5. The topological polar surface area (TPSA) is 133 Å². The van der Waals surface area contributed by atoms with Gasteiger partial charge < -0.3 is 9.80 Å². The Kier molecular flexibility index (Phi) is 6.53. The van der Waals surface area contributed by atoms with Crippen LogP contribution in [0.15, 0.2) is 47.4 Å². The van der Waals surface area contributed by atoms with Gasteiger partial charge in [0.15, 0.2) is 5.69 Å². The molecule has 1 aliphatic heterocycles. The van der Waals surface area contributed by atoms with Crippen molar-refractivity contribution >= 4 is 38.2 Å². The SMILES string of the molecule is CCN(CC)S(=O)(=O)c1ccc(N2CCN(C(=O)c3n[nH]c4ccccc34)CC2)c([N+](=O)[O-])c1. The van der Waals surface area contributed by atoms with Crippen LogP contribution in [0.2, 0.25) is 0 Å². The highest BCUT2D eigenvalue weighted by Gasteiger charge is 2.30. The summed E-state index contributed by atoms with van der Waals surface area (Å²) >= 11 is 0. The number of nitrogens with zero attached hydrogens (tertiary/aromatic N) is 5. The highest BCUT2D eigenvalue weighted by molar-refractivity contribution is 7.89. The second kappa shape index (κ2) is 9.39. The summed E-state index contributed by atoms with van der Waals surface area (Å²) in [4.78, 5) is 27.6. The Bertz CT molecular complexity index is 1330. The molecule has 0 unspecified atom stereocenters. The van der Waals surface area contributed by atoms with Gasteiger partial charge in [-0.3, -0.25) is 20.0 Å². The Labute approximate surface area is 197 Å². The van der Waals surface area contributed by atoms with Crippen LogP contribution in [-0.2, 0) is 10.0 Å². The zero-order valence-corrected chi connectivity index (χ0v) is 19.8. The molecule has 0 atom stereocenters. The quantitative estimate of drug-likeness (QED) is 0.401. The van der Waals surface area contributed by atoms with E-state index < -0.39 is 14.9 Å². The van der Waals surface area contributed by atoms with E-state index in [-0.39, 0.29) is 29.6 Å². The monoisotopic (exact) mass is 486 g/mol. The average Bonchev–Trinajstić information content (AvgIpc) is 3.28. The molecule has 1 aliphatic rings. The molecule has 180 valence electrons. The summed E-state index contributed by atoms with van der Waals surface area (Å²) in [6, 6.07) is 11.4. The van der Waals surface area contributed by atoms with Crippen molar-refractivity contribution in [2.75, 3.05) is 44.2 Å². The second-order valence-corrected chi connectivity index (χ2v) is 9.83. The molecule has 11 nitrogen and oxygen atoms in total. The largest absolute Gasteiger partial charge is 0.362 e. The van der Waals surface area contributed by atoms with E-state index in [0.717, 1.165) is 17.0 Å². The molecule has 0 saturated carbocycles. The maximum atomic E-state index is 13.0. The number of hydrogen-bond acceptors (Lipinski definition) is 7. The van der Waals surface area contributed by atoms with Crippen LogP contribution >= 0.6 is 0 Å². The summed E-state index contributed by atoms with van der Waals surface area (Å²) in [5.74, 6) is -0.202. The Hall–Kier alpha value is -3.51. The van der Waals surface area contributed by atoms with E-state index in [4.69, 9.17) is 0 Å². The van der Waals surface area contributed by atoms with Crippen molar-refractivity contribution in [3.8, 4) is 0 Å². The Morgan fingerprint density at radius 2 is 1.79 bits per heavy atom. The summed E-state index contributed by atoms with van der Waals surface area (Å²) in [5, 5.41) is 19.6. The van der Waals surface area contributed by atoms with Crippen LogP contribution in [0.1, 0.15) is 24.3 Å². The van der Waals surface area contributed by atoms with Crippen molar-refractivity contribution in [2.24, 2.45) is 0 Å². The molecule has 34 heavy (non-hydrogen) atoms. The molecule has 1 N–H and O–H groups in total. The molecule has 1 saturated heterocycles. The average molecular weight is 487 g/mol. The molecule has 1 fully saturated rings. The lowest BCUT2D eigenvalue weighted by atomic mass is 10.1. The van der Waals surface area contributed by atoms with Gasteiger partial charge in [-0.1, -0.05) is 32.0 Å². The van der Waals surface area contributed by atoms with Gasteiger partial charge >= 0.3 is 0 Å². The standard InChI is InChI=1S/C22H26N6O5S/c1-3-27(4-2)34(32,33)16-9-10-19(20(15-16)28(30)31)25-11-13-26(14-12-25)22(29)21-17-7-5-6-8-18(17)23-24-21/h5-10,15H,3-4,11-14H2,1-2H3,(H,23,24). The van der Waals surface area contributed by atoms with Gasteiger partial charge in [0, 0.05) is 50.7 Å².